The second kappa shape index (κ2) is 12.8. The van der Waals surface area contributed by atoms with Crippen molar-refractivity contribution in [1.29, 1.82) is 0 Å². The number of nitrogens with one attached hydrogen (secondary N) is 4. The van der Waals surface area contributed by atoms with E-state index < -0.39 is 72.3 Å². The summed E-state index contributed by atoms with van der Waals surface area (Å²) in [4.78, 5) is 63.6. The van der Waals surface area contributed by atoms with Gasteiger partial charge in [0, 0.05) is 17.1 Å². The minimum Gasteiger partial charge on any atom is -0.481 e. The van der Waals surface area contributed by atoms with Gasteiger partial charge in [-0.15, -0.1) is 0 Å². The van der Waals surface area contributed by atoms with Gasteiger partial charge >= 0.3 is 11.9 Å². The van der Waals surface area contributed by atoms with Crippen LogP contribution in [0.15, 0.2) is 30.5 Å². The van der Waals surface area contributed by atoms with Crippen molar-refractivity contribution >= 4 is 40.6 Å². The topological polar surface area (TPSA) is 224 Å². The Hall–Kier alpha value is -3.97. The minimum absolute atomic E-state index is 0.196. The normalized spacial score (nSPS) is 15.3. The van der Waals surface area contributed by atoms with Gasteiger partial charge in [0.15, 0.2) is 0 Å². The fourth-order valence-corrected chi connectivity index (χ4v) is 3.71. The summed E-state index contributed by atoms with van der Waals surface area (Å²) in [7, 11) is 0. The van der Waals surface area contributed by atoms with Crippen molar-refractivity contribution in [1.82, 2.24) is 20.9 Å². The van der Waals surface area contributed by atoms with E-state index >= 15 is 0 Å². The second-order valence-electron chi connectivity index (χ2n) is 9.12. The zero-order valence-electron chi connectivity index (χ0n) is 20.7. The second-order valence-corrected chi connectivity index (χ2v) is 9.12. The third-order valence-corrected chi connectivity index (χ3v) is 5.75. The number of benzene rings is 1. The number of aromatic amines is 1. The SMILES string of the molecule is CC(C)C(NC(=O)C(N)Cc1c[nH]c2ccccc12)C(=O)NC(C(=O)NC(CC(=O)O)C(=O)O)C(C)O. The fraction of sp³-hybridized carbons (Fsp3) is 0.458. The predicted molar refractivity (Wildman–Crippen MR) is 132 cm³/mol. The molecule has 1 aromatic carbocycles. The van der Waals surface area contributed by atoms with Crippen molar-refractivity contribution in [3.8, 4) is 0 Å². The number of aliphatic carboxylic acids is 2. The predicted octanol–water partition coefficient (Wildman–Crippen LogP) is -0.912. The molecule has 0 aliphatic heterocycles. The van der Waals surface area contributed by atoms with Gasteiger partial charge in [0.1, 0.15) is 18.1 Å². The number of rotatable bonds is 13. The summed E-state index contributed by atoms with van der Waals surface area (Å²) in [5, 5.41) is 35.8. The van der Waals surface area contributed by atoms with Crippen LogP contribution in [0.4, 0.5) is 0 Å². The number of carbonyl (C=O) groups is 5. The van der Waals surface area contributed by atoms with Crippen molar-refractivity contribution in [2.75, 3.05) is 0 Å². The van der Waals surface area contributed by atoms with E-state index in [9.17, 15) is 29.1 Å². The number of H-pyrrole nitrogens is 1. The molecule has 13 heteroatoms. The molecule has 1 aromatic heterocycles. The number of hydrogen-bond acceptors (Lipinski definition) is 7. The van der Waals surface area contributed by atoms with E-state index in [4.69, 9.17) is 15.9 Å². The first kappa shape index (κ1) is 29.3. The highest BCUT2D eigenvalue weighted by Crippen LogP contribution is 2.19. The van der Waals surface area contributed by atoms with Crippen LogP contribution in [0.2, 0.25) is 0 Å². The number of aromatic nitrogens is 1. The molecule has 0 spiro atoms. The third-order valence-electron chi connectivity index (χ3n) is 5.75. The van der Waals surface area contributed by atoms with Crippen LogP contribution in [-0.2, 0) is 30.4 Å². The van der Waals surface area contributed by atoms with Gasteiger partial charge in [0.2, 0.25) is 17.7 Å². The van der Waals surface area contributed by atoms with Gasteiger partial charge in [-0.3, -0.25) is 19.2 Å². The summed E-state index contributed by atoms with van der Waals surface area (Å²) in [6.45, 7) is 4.50. The van der Waals surface area contributed by atoms with Gasteiger partial charge in [-0.2, -0.15) is 0 Å². The van der Waals surface area contributed by atoms with Gasteiger partial charge in [-0.05, 0) is 30.9 Å². The number of carboxylic acid groups (broad SMARTS) is 2. The Morgan fingerprint density at radius 1 is 0.919 bits per heavy atom. The maximum Gasteiger partial charge on any atom is 0.326 e. The summed E-state index contributed by atoms with van der Waals surface area (Å²) >= 11 is 0. The highest BCUT2D eigenvalue weighted by atomic mass is 16.4. The standard InChI is InChI=1S/C24H33N5O8/c1-11(2)19(28-21(33)15(25)8-13-10-26-16-7-5-4-6-14(13)16)22(34)29-20(12(3)30)23(35)27-17(24(36)37)9-18(31)32/h4-7,10-12,15,17,19-20,26,30H,8-9,25H2,1-3H3,(H,27,35)(H,28,33)(H,29,34)(H,31,32)(H,36,37). The van der Waals surface area contributed by atoms with E-state index in [2.05, 4.69) is 15.6 Å². The van der Waals surface area contributed by atoms with Gasteiger partial charge < -0.3 is 42.0 Å². The molecule has 3 amide bonds. The maximum atomic E-state index is 13.0. The van der Waals surface area contributed by atoms with E-state index in [1.54, 1.807) is 20.0 Å². The van der Waals surface area contributed by atoms with Crippen LogP contribution < -0.4 is 21.7 Å². The molecule has 37 heavy (non-hydrogen) atoms. The van der Waals surface area contributed by atoms with E-state index in [1.807, 2.05) is 29.6 Å². The lowest BCUT2D eigenvalue weighted by Crippen LogP contribution is -2.61. The van der Waals surface area contributed by atoms with Crippen molar-refractivity contribution in [3.05, 3.63) is 36.0 Å². The largest absolute Gasteiger partial charge is 0.481 e. The van der Waals surface area contributed by atoms with E-state index in [1.165, 1.54) is 6.92 Å². The Kier molecular flexibility index (Phi) is 10.1. The lowest BCUT2D eigenvalue weighted by molar-refractivity contribution is -0.148. The number of aliphatic hydroxyl groups excluding tert-OH is 1. The van der Waals surface area contributed by atoms with Crippen LogP contribution in [0.5, 0.6) is 0 Å². The van der Waals surface area contributed by atoms with Crippen LogP contribution in [-0.4, -0.2) is 80.2 Å². The Labute approximate surface area is 212 Å². The first-order valence-electron chi connectivity index (χ1n) is 11.7. The Morgan fingerprint density at radius 3 is 2.08 bits per heavy atom. The Balaban J connectivity index is 2.09. The van der Waals surface area contributed by atoms with E-state index in [0.717, 1.165) is 16.5 Å². The third kappa shape index (κ3) is 8.02. The molecule has 13 nitrogen and oxygen atoms in total. The van der Waals surface area contributed by atoms with Crippen LogP contribution in [0.25, 0.3) is 10.9 Å². The molecule has 0 radical (unpaired) electrons. The first-order valence-corrected chi connectivity index (χ1v) is 11.7. The number of amides is 3. The van der Waals surface area contributed by atoms with E-state index in [-0.39, 0.29) is 6.42 Å². The first-order chi connectivity index (χ1) is 17.3. The molecule has 5 unspecified atom stereocenters. The van der Waals surface area contributed by atoms with Gasteiger partial charge in [-0.25, -0.2) is 4.79 Å². The van der Waals surface area contributed by atoms with Gasteiger partial charge in [0.25, 0.3) is 0 Å². The molecule has 2 rings (SSSR count). The summed E-state index contributed by atoms with van der Waals surface area (Å²) in [6, 6.07) is 2.00. The molecule has 1 heterocycles. The zero-order chi connectivity index (χ0) is 27.9. The monoisotopic (exact) mass is 519 g/mol. The van der Waals surface area contributed by atoms with Crippen molar-refractivity contribution in [2.45, 2.75) is 63.9 Å². The molecule has 0 aliphatic carbocycles. The van der Waals surface area contributed by atoms with Crippen LogP contribution in [0, 0.1) is 5.92 Å². The van der Waals surface area contributed by atoms with E-state index in [0.29, 0.717) is 0 Å². The average molecular weight is 520 g/mol. The summed E-state index contributed by atoms with van der Waals surface area (Å²) in [5.41, 5.74) is 7.82. The van der Waals surface area contributed by atoms with Gasteiger partial charge in [-0.1, -0.05) is 32.0 Å². The van der Waals surface area contributed by atoms with Crippen molar-refractivity contribution in [2.24, 2.45) is 11.7 Å². The summed E-state index contributed by atoms with van der Waals surface area (Å²) in [6.07, 6.45) is -0.414. The molecule has 0 fully saturated rings. The summed E-state index contributed by atoms with van der Waals surface area (Å²) < 4.78 is 0. The number of nitrogens with two attached hydrogens (primary N) is 1. The smallest absolute Gasteiger partial charge is 0.326 e. The molecule has 0 saturated heterocycles. The molecule has 5 atom stereocenters. The highest BCUT2D eigenvalue weighted by Gasteiger charge is 2.34. The van der Waals surface area contributed by atoms with Crippen molar-refractivity contribution < 1.29 is 39.3 Å². The average Bonchev–Trinajstić information content (AvgIpc) is 3.22. The molecule has 2 aromatic rings. The lowest BCUT2D eigenvalue weighted by Gasteiger charge is -2.28. The molecular weight excluding hydrogens is 486 g/mol. The number of carbonyl (C=O) groups excluding carboxylic acids is 3. The lowest BCUT2D eigenvalue weighted by atomic mass is 10.00. The number of hydrogen-bond donors (Lipinski definition) is 8. The van der Waals surface area contributed by atoms with Crippen LogP contribution >= 0.6 is 0 Å². The Bertz CT molecular complexity index is 1150. The number of para-hydroxylation sites is 1. The fourth-order valence-electron chi connectivity index (χ4n) is 3.71. The Morgan fingerprint density at radius 2 is 1.51 bits per heavy atom. The quantitative estimate of drug-likeness (QED) is 0.164. The zero-order valence-corrected chi connectivity index (χ0v) is 20.7. The molecule has 9 N–H and O–H groups in total. The highest BCUT2D eigenvalue weighted by molar-refractivity contribution is 5.95. The number of aliphatic hydroxyl groups is 1. The summed E-state index contributed by atoms with van der Waals surface area (Å²) in [5.74, 6) is -6.01. The number of fused-ring (bicyclic) bond motifs is 1. The number of carboxylic acids is 2. The van der Waals surface area contributed by atoms with Crippen molar-refractivity contribution in [3.63, 3.8) is 0 Å². The molecule has 202 valence electrons. The maximum absolute atomic E-state index is 13.0. The van der Waals surface area contributed by atoms with Gasteiger partial charge in [0.05, 0.1) is 18.6 Å². The van der Waals surface area contributed by atoms with Crippen LogP contribution in [0.1, 0.15) is 32.8 Å². The minimum atomic E-state index is -1.77. The molecular formula is C24H33N5O8. The molecule has 0 aliphatic rings. The molecule has 0 saturated carbocycles. The van der Waals surface area contributed by atoms with Crippen LogP contribution in [0.3, 0.4) is 0 Å². The molecule has 0 bridgehead atoms.